The van der Waals surface area contributed by atoms with Gasteiger partial charge in [-0.25, -0.2) is 4.39 Å². The van der Waals surface area contributed by atoms with E-state index in [4.69, 9.17) is 0 Å². The van der Waals surface area contributed by atoms with Gasteiger partial charge in [0, 0.05) is 17.8 Å². The topological polar surface area (TPSA) is 51.0 Å². The van der Waals surface area contributed by atoms with Gasteiger partial charge in [0.05, 0.1) is 6.04 Å². The van der Waals surface area contributed by atoms with Gasteiger partial charge in [-0.3, -0.25) is 9.36 Å². The van der Waals surface area contributed by atoms with E-state index in [1.807, 2.05) is 29.2 Å². The normalized spacial score (nSPS) is 17.3. The third-order valence-corrected chi connectivity index (χ3v) is 4.83. The van der Waals surface area contributed by atoms with Crippen molar-refractivity contribution in [3.05, 3.63) is 78.1 Å². The molecule has 0 spiro atoms. The van der Waals surface area contributed by atoms with Gasteiger partial charge in [-0.1, -0.05) is 18.2 Å². The van der Waals surface area contributed by atoms with Crippen molar-refractivity contribution in [3.8, 4) is 5.69 Å². The highest BCUT2D eigenvalue weighted by Crippen LogP contribution is 2.32. The molecular formula is C20H19FN4O. The summed E-state index contributed by atoms with van der Waals surface area (Å²) in [6, 6.07) is 13.9. The summed E-state index contributed by atoms with van der Waals surface area (Å²) in [5.74, 6) is -0.266. The molecule has 1 atom stereocenters. The van der Waals surface area contributed by atoms with Gasteiger partial charge in [0.1, 0.15) is 18.5 Å². The maximum atomic E-state index is 13.3. The Bertz CT molecular complexity index is 892. The fourth-order valence-corrected chi connectivity index (χ4v) is 3.51. The number of hydrogen-bond acceptors (Lipinski definition) is 3. The van der Waals surface area contributed by atoms with Gasteiger partial charge in [-0.05, 0) is 55.2 Å². The SMILES string of the molecule is O=C(c1cccc(-n2cnnc2)c1)N1CCCC[C@H]1c1ccc(F)cc1. The second-order valence-corrected chi connectivity index (χ2v) is 6.48. The molecule has 6 heteroatoms. The number of carbonyl (C=O) groups is 1. The molecule has 0 saturated carbocycles. The standard InChI is InChI=1S/C20H19FN4O/c21-17-9-7-15(8-10-17)19-6-1-2-11-25(19)20(26)16-4-3-5-18(12-16)24-13-22-23-14-24/h3-5,7-10,12-14,19H,1-2,6,11H2/t19-/m0/s1. The summed E-state index contributed by atoms with van der Waals surface area (Å²) in [7, 11) is 0. The maximum absolute atomic E-state index is 13.3. The molecular weight excluding hydrogens is 331 g/mol. The van der Waals surface area contributed by atoms with Crippen molar-refractivity contribution in [1.29, 1.82) is 0 Å². The molecule has 1 amide bonds. The van der Waals surface area contributed by atoms with Crippen LogP contribution < -0.4 is 0 Å². The number of amides is 1. The molecule has 1 saturated heterocycles. The average molecular weight is 350 g/mol. The Labute approximate surface area is 151 Å². The summed E-state index contributed by atoms with van der Waals surface area (Å²) >= 11 is 0. The zero-order chi connectivity index (χ0) is 17.9. The summed E-state index contributed by atoms with van der Waals surface area (Å²) in [5.41, 5.74) is 2.45. The molecule has 5 nitrogen and oxygen atoms in total. The lowest BCUT2D eigenvalue weighted by Crippen LogP contribution is -2.38. The molecule has 0 unspecified atom stereocenters. The van der Waals surface area contributed by atoms with E-state index < -0.39 is 0 Å². The lowest BCUT2D eigenvalue weighted by Gasteiger charge is -2.36. The monoisotopic (exact) mass is 350 g/mol. The minimum Gasteiger partial charge on any atom is -0.332 e. The largest absolute Gasteiger partial charge is 0.332 e. The first-order valence-corrected chi connectivity index (χ1v) is 8.74. The number of benzene rings is 2. The van der Waals surface area contributed by atoms with Crippen LogP contribution in [0.2, 0.25) is 0 Å². The summed E-state index contributed by atoms with van der Waals surface area (Å²) in [6.45, 7) is 0.706. The molecule has 1 aliphatic heterocycles. The minimum atomic E-state index is -0.260. The van der Waals surface area contributed by atoms with Crippen LogP contribution >= 0.6 is 0 Å². The van der Waals surface area contributed by atoms with Crippen LogP contribution in [-0.2, 0) is 0 Å². The van der Waals surface area contributed by atoms with Crippen LogP contribution in [0.15, 0.2) is 61.2 Å². The first-order valence-electron chi connectivity index (χ1n) is 8.74. The second kappa shape index (κ2) is 7.07. The molecule has 0 aliphatic carbocycles. The summed E-state index contributed by atoms with van der Waals surface area (Å²) in [6.07, 6.45) is 6.14. The van der Waals surface area contributed by atoms with Gasteiger partial charge < -0.3 is 4.90 Å². The maximum Gasteiger partial charge on any atom is 0.254 e. The predicted molar refractivity (Wildman–Crippen MR) is 95.4 cm³/mol. The van der Waals surface area contributed by atoms with E-state index >= 15 is 0 Å². The number of likely N-dealkylation sites (tertiary alicyclic amines) is 1. The first-order chi connectivity index (χ1) is 12.7. The smallest absolute Gasteiger partial charge is 0.254 e. The zero-order valence-corrected chi connectivity index (χ0v) is 14.3. The molecule has 3 aromatic rings. The van der Waals surface area contributed by atoms with Gasteiger partial charge in [-0.15, -0.1) is 10.2 Å². The highest BCUT2D eigenvalue weighted by molar-refractivity contribution is 5.95. The number of piperidine rings is 1. The number of nitrogens with zero attached hydrogens (tertiary/aromatic N) is 4. The Morgan fingerprint density at radius 2 is 1.81 bits per heavy atom. The number of carbonyl (C=O) groups excluding carboxylic acids is 1. The van der Waals surface area contributed by atoms with Crippen LogP contribution in [-0.4, -0.2) is 32.1 Å². The van der Waals surface area contributed by atoms with E-state index in [1.165, 1.54) is 12.1 Å². The second-order valence-electron chi connectivity index (χ2n) is 6.48. The van der Waals surface area contributed by atoms with Crippen LogP contribution in [0.4, 0.5) is 4.39 Å². The number of hydrogen-bond donors (Lipinski definition) is 0. The van der Waals surface area contributed by atoms with Crippen molar-refractivity contribution >= 4 is 5.91 Å². The van der Waals surface area contributed by atoms with Crippen molar-refractivity contribution < 1.29 is 9.18 Å². The fraction of sp³-hybridized carbons (Fsp3) is 0.250. The molecule has 1 aliphatic rings. The molecule has 26 heavy (non-hydrogen) atoms. The van der Waals surface area contributed by atoms with E-state index in [9.17, 15) is 9.18 Å². The third kappa shape index (κ3) is 3.22. The molecule has 0 radical (unpaired) electrons. The van der Waals surface area contributed by atoms with Crippen molar-refractivity contribution in [2.24, 2.45) is 0 Å². The van der Waals surface area contributed by atoms with Crippen molar-refractivity contribution in [2.75, 3.05) is 6.54 Å². The molecule has 132 valence electrons. The van der Waals surface area contributed by atoms with Gasteiger partial charge in [0.25, 0.3) is 5.91 Å². The van der Waals surface area contributed by atoms with E-state index in [0.29, 0.717) is 12.1 Å². The molecule has 1 aromatic heterocycles. The quantitative estimate of drug-likeness (QED) is 0.722. The van der Waals surface area contributed by atoms with Crippen LogP contribution in [0, 0.1) is 5.82 Å². The Hall–Kier alpha value is -3.02. The Morgan fingerprint density at radius 1 is 1.04 bits per heavy atom. The van der Waals surface area contributed by atoms with E-state index in [-0.39, 0.29) is 17.8 Å². The lowest BCUT2D eigenvalue weighted by molar-refractivity contribution is 0.0611. The van der Waals surface area contributed by atoms with Gasteiger partial charge in [0.2, 0.25) is 0 Å². The van der Waals surface area contributed by atoms with E-state index in [2.05, 4.69) is 10.2 Å². The van der Waals surface area contributed by atoms with Crippen molar-refractivity contribution in [2.45, 2.75) is 25.3 Å². The van der Waals surface area contributed by atoms with Crippen LogP contribution in [0.25, 0.3) is 5.69 Å². The predicted octanol–water partition coefficient (Wildman–Crippen LogP) is 3.77. The van der Waals surface area contributed by atoms with Gasteiger partial charge >= 0.3 is 0 Å². The Balaban J connectivity index is 1.63. The summed E-state index contributed by atoms with van der Waals surface area (Å²) < 4.78 is 15.0. The number of rotatable bonds is 3. The van der Waals surface area contributed by atoms with E-state index in [0.717, 1.165) is 30.5 Å². The third-order valence-electron chi connectivity index (χ3n) is 4.83. The van der Waals surface area contributed by atoms with E-state index in [1.54, 1.807) is 29.4 Å². The highest BCUT2D eigenvalue weighted by atomic mass is 19.1. The zero-order valence-electron chi connectivity index (χ0n) is 14.3. The number of aromatic nitrogens is 3. The summed E-state index contributed by atoms with van der Waals surface area (Å²) in [5, 5.41) is 7.62. The average Bonchev–Trinajstić information content (AvgIpc) is 3.23. The molecule has 4 rings (SSSR count). The van der Waals surface area contributed by atoms with Crippen LogP contribution in [0.5, 0.6) is 0 Å². The van der Waals surface area contributed by atoms with Crippen molar-refractivity contribution in [3.63, 3.8) is 0 Å². The molecule has 2 heterocycles. The fourth-order valence-electron chi connectivity index (χ4n) is 3.51. The highest BCUT2D eigenvalue weighted by Gasteiger charge is 2.28. The van der Waals surface area contributed by atoms with Gasteiger partial charge in [0.15, 0.2) is 0 Å². The van der Waals surface area contributed by atoms with Crippen molar-refractivity contribution in [1.82, 2.24) is 19.7 Å². The minimum absolute atomic E-state index is 0.00560. The molecule has 1 fully saturated rings. The Kier molecular flexibility index (Phi) is 4.48. The molecule has 2 aromatic carbocycles. The molecule has 0 bridgehead atoms. The molecule has 0 N–H and O–H groups in total. The Morgan fingerprint density at radius 3 is 2.58 bits per heavy atom. The van der Waals surface area contributed by atoms with Crippen LogP contribution in [0.1, 0.15) is 41.2 Å². The van der Waals surface area contributed by atoms with Gasteiger partial charge in [-0.2, -0.15) is 0 Å². The first kappa shape index (κ1) is 16.4. The number of halogens is 1. The lowest BCUT2D eigenvalue weighted by atomic mass is 9.94. The van der Waals surface area contributed by atoms with Crippen LogP contribution in [0.3, 0.4) is 0 Å². The summed E-state index contributed by atoms with van der Waals surface area (Å²) in [4.78, 5) is 15.1.